The molecule has 3 heterocycles. The summed E-state index contributed by atoms with van der Waals surface area (Å²) in [5.41, 5.74) is 6.01. The lowest BCUT2D eigenvalue weighted by Gasteiger charge is -2.33. The number of allylic oxidation sites excluding steroid dienone is 3. The molecule has 0 saturated heterocycles. The zero-order chi connectivity index (χ0) is 22.5. The van der Waals surface area contributed by atoms with Gasteiger partial charge in [0.15, 0.2) is 11.6 Å². The molecule has 0 radical (unpaired) electrons. The Morgan fingerprint density at radius 3 is 2.62 bits per heavy atom. The van der Waals surface area contributed by atoms with Crippen LogP contribution in [0.3, 0.4) is 0 Å². The van der Waals surface area contributed by atoms with E-state index in [2.05, 4.69) is 71.2 Å². The first-order valence-electron chi connectivity index (χ1n) is 11.1. The van der Waals surface area contributed by atoms with Crippen LogP contribution in [0.1, 0.15) is 36.7 Å². The average Bonchev–Trinajstić information content (AvgIpc) is 2.84. The molecule has 2 aliphatic heterocycles. The van der Waals surface area contributed by atoms with E-state index in [1.54, 1.807) is 19.5 Å². The van der Waals surface area contributed by atoms with Crippen molar-refractivity contribution in [1.82, 2.24) is 19.8 Å². The molecule has 2 aliphatic rings. The normalized spacial score (nSPS) is 16.3. The fraction of sp³-hybridized carbons (Fsp3) is 0.346. The summed E-state index contributed by atoms with van der Waals surface area (Å²) in [7, 11) is 1.60. The summed E-state index contributed by atoms with van der Waals surface area (Å²) in [4.78, 5) is 25.8. The van der Waals surface area contributed by atoms with Crippen molar-refractivity contribution < 1.29 is 9.53 Å². The minimum absolute atomic E-state index is 0.155. The van der Waals surface area contributed by atoms with Crippen LogP contribution in [0.25, 0.3) is 11.1 Å². The summed E-state index contributed by atoms with van der Waals surface area (Å²) in [6.45, 7) is 6.69. The maximum Gasteiger partial charge on any atom is 0.242 e. The van der Waals surface area contributed by atoms with E-state index < -0.39 is 0 Å². The van der Waals surface area contributed by atoms with Crippen LogP contribution in [-0.2, 0) is 4.79 Å². The van der Waals surface area contributed by atoms with Gasteiger partial charge in [0, 0.05) is 25.3 Å². The highest BCUT2D eigenvalue weighted by atomic mass is 16.5. The van der Waals surface area contributed by atoms with Crippen molar-refractivity contribution in [3.63, 3.8) is 0 Å². The number of carbonyl (C=O) groups is 1. The van der Waals surface area contributed by atoms with E-state index >= 15 is 0 Å². The van der Waals surface area contributed by atoms with Crippen LogP contribution in [-0.4, -0.2) is 59.0 Å². The fourth-order valence-corrected chi connectivity index (χ4v) is 4.12. The maximum atomic E-state index is 13.0. The van der Waals surface area contributed by atoms with Gasteiger partial charge < -0.3 is 14.5 Å². The monoisotopic (exact) mass is 430 g/mol. The van der Waals surface area contributed by atoms with Gasteiger partial charge in [-0.2, -0.15) is 0 Å². The minimum atomic E-state index is 0.155. The van der Waals surface area contributed by atoms with Gasteiger partial charge in [0.25, 0.3) is 0 Å². The van der Waals surface area contributed by atoms with Gasteiger partial charge in [-0.1, -0.05) is 48.9 Å². The quantitative estimate of drug-likeness (QED) is 0.691. The molecular formula is C26H30N4O2. The molecule has 1 amide bonds. The van der Waals surface area contributed by atoms with Crippen molar-refractivity contribution in [3.05, 3.63) is 77.5 Å². The molecule has 0 spiro atoms. The van der Waals surface area contributed by atoms with Crippen LogP contribution in [0, 0.1) is 6.92 Å². The Morgan fingerprint density at radius 1 is 1.16 bits per heavy atom. The van der Waals surface area contributed by atoms with Crippen LogP contribution < -0.4 is 4.74 Å². The molecular weight excluding hydrogens is 400 g/mol. The average molecular weight is 431 g/mol. The highest BCUT2D eigenvalue weighted by Crippen LogP contribution is 2.26. The molecule has 0 N–H and O–H groups in total. The Kier molecular flexibility index (Phi) is 6.69. The molecule has 0 fully saturated rings. The summed E-state index contributed by atoms with van der Waals surface area (Å²) >= 11 is 0. The lowest BCUT2D eigenvalue weighted by Crippen LogP contribution is -2.42. The second-order valence-corrected chi connectivity index (χ2v) is 8.16. The summed E-state index contributed by atoms with van der Waals surface area (Å²) in [5, 5.41) is 0. The first kappa shape index (κ1) is 21.8. The highest BCUT2D eigenvalue weighted by Gasteiger charge is 2.23. The first-order chi connectivity index (χ1) is 15.6. The van der Waals surface area contributed by atoms with Crippen molar-refractivity contribution >= 4 is 17.1 Å². The van der Waals surface area contributed by atoms with Gasteiger partial charge in [-0.3, -0.25) is 4.79 Å². The molecule has 4 rings (SSSR count). The highest BCUT2D eigenvalue weighted by molar-refractivity contribution is 5.81. The van der Waals surface area contributed by atoms with Gasteiger partial charge in [-0.15, -0.1) is 0 Å². The predicted octanol–water partition coefficient (Wildman–Crippen LogP) is 4.10. The van der Waals surface area contributed by atoms with Crippen LogP contribution in [0.2, 0.25) is 0 Å². The Bertz CT molecular complexity index is 1070. The van der Waals surface area contributed by atoms with Gasteiger partial charge in [-0.05, 0) is 42.6 Å². The summed E-state index contributed by atoms with van der Waals surface area (Å²) in [6.07, 6.45) is 11.5. The van der Waals surface area contributed by atoms with Gasteiger partial charge in [0.2, 0.25) is 5.91 Å². The number of carbonyl (C=O) groups excluding carboxylic acids is 1. The number of aryl methyl sites for hydroxylation is 1. The number of ether oxygens (including phenoxy) is 1. The zero-order valence-electron chi connectivity index (χ0n) is 19.0. The Morgan fingerprint density at radius 2 is 1.97 bits per heavy atom. The molecule has 0 saturated carbocycles. The van der Waals surface area contributed by atoms with E-state index in [-0.39, 0.29) is 5.91 Å². The summed E-state index contributed by atoms with van der Waals surface area (Å²) in [6, 6.07) is 8.56. The lowest BCUT2D eigenvalue weighted by molar-refractivity contribution is -0.131. The van der Waals surface area contributed by atoms with Crippen molar-refractivity contribution in [2.75, 3.05) is 33.3 Å². The molecule has 0 atom stereocenters. The van der Waals surface area contributed by atoms with Gasteiger partial charge >= 0.3 is 0 Å². The van der Waals surface area contributed by atoms with Crippen LogP contribution in [0.4, 0.5) is 0 Å². The van der Waals surface area contributed by atoms with E-state index in [0.29, 0.717) is 31.2 Å². The smallest absolute Gasteiger partial charge is 0.242 e. The number of methoxy groups -OCH3 is 1. The Labute approximate surface area is 189 Å². The second-order valence-electron chi connectivity index (χ2n) is 8.16. The molecule has 6 nitrogen and oxygen atoms in total. The van der Waals surface area contributed by atoms with Crippen LogP contribution >= 0.6 is 0 Å². The summed E-state index contributed by atoms with van der Waals surface area (Å²) in [5.74, 6) is 1.50. The van der Waals surface area contributed by atoms with Gasteiger partial charge in [0.05, 0.1) is 26.0 Å². The molecule has 0 aliphatic carbocycles. The summed E-state index contributed by atoms with van der Waals surface area (Å²) < 4.78 is 5.12. The molecule has 1 aromatic heterocycles. The minimum Gasteiger partial charge on any atom is -0.494 e. The van der Waals surface area contributed by atoms with Crippen molar-refractivity contribution in [1.29, 1.82) is 0 Å². The SMILES string of the molecule is CCC1=CC(c2cccc(C)c2)=CCN1CC(=O)N1CC=C(c2ncc(OC)cn2)CC1. The largest absolute Gasteiger partial charge is 0.494 e. The number of aromatic nitrogens is 2. The van der Waals surface area contributed by atoms with Crippen molar-refractivity contribution in [2.45, 2.75) is 26.7 Å². The molecule has 166 valence electrons. The molecule has 1 aromatic carbocycles. The molecule has 2 aromatic rings. The third-order valence-corrected chi connectivity index (χ3v) is 6.01. The maximum absolute atomic E-state index is 13.0. The predicted molar refractivity (Wildman–Crippen MR) is 127 cm³/mol. The van der Waals surface area contributed by atoms with Crippen molar-refractivity contribution in [2.24, 2.45) is 0 Å². The van der Waals surface area contributed by atoms with E-state index in [1.807, 2.05) is 4.90 Å². The topological polar surface area (TPSA) is 58.6 Å². The van der Waals surface area contributed by atoms with Gasteiger partial charge in [-0.25, -0.2) is 9.97 Å². The molecule has 0 unspecified atom stereocenters. The number of benzene rings is 1. The Balaban J connectivity index is 1.38. The standard InChI is InChI=1S/C26H30N4O2/c1-4-23-15-22(21-7-5-6-19(2)14-21)10-13-30(23)18-25(31)29-11-8-20(9-12-29)26-27-16-24(32-3)17-28-26/h5-8,10,14-17H,4,9,11-13,18H2,1-3H3. The number of amides is 1. The van der Waals surface area contributed by atoms with E-state index in [1.165, 1.54) is 22.4 Å². The Hall–Kier alpha value is -3.41. The zero-order valence-corrected chi connectivity index (χ0v) is 19.0. The molecule has 0 bridgehead atoms. The van der Waals surface area contributed by atoms with Crippen molar-refractivity contribution in [3.8, 4) is 5.75 Å². The van der Waals surface area contributed by atoms with Gasteiger partial charge in [0.1, 0.15) is 0 Å². The number of hydrogen-bond acceptors (Lipinski definition) is 5. The lowest BCUT2D eigenvalue weighted by atomic mass is 9.99. The van der Waals surface area contributed by atoms with E-state index in [0.717, 1.165) is 25.0 Å². The number of nitrogens with zero attached hydrogens (tertiary/aromatic N) is 4. The fourth-order valence-electron chi connectivity index (χ4n) is 4.12. The first-order valence-corrected chi connectivity index (χ1v) is 11.1. The third kappa shape index (κ3) is 4.90. The number of hydrogen-bond donors (Lipinski definition) is 0. The van der Waals surface area contributed by atoms with Crippen LogP contribution in [0.5, 0.6) is 5.75 Å². The number of rotatable bonds is 6. The second kappa shape index (κ2) is 9.81. The molecule has 6 heteroatoms. The van der Waals surface area contributed by atoms with Crippen LogP contribution in [0.15, 0.2) is 60.6 Å². The molecule has 32 heavy (non-hydrogen) atoms. The van der Waals surface area contributed by atoms with E-state index in [4.69, 9.17) is 4.74 Å². The third-order valence-electron chi connectivity index (χ3n) is 6.01. The van der Waals surface area contributed by atoms with E-state index in [9.17, 15) is 4.79 Å².